The Morgan fingerprint density at radius 3 is 2.30 bits per heavy atom. The summed E-state index contributed by atoms with van der Waals surface area (Å²) in [4.78, 5) is 24.0. The van der Waals surface area contributed by atoms with Crippen molar-refractivity contribution in [2.24, 2.45) is 10.8 Å². The number of benzene rings is 1. The van der Waals surface area contributed by atoms with Crippen LogP contribution in [0.3, 0.4) is 0 Å². The van der Waals surface area contributed by atoms with E-state index in [2.05, 4.69) is 6.58 Å². The molecule has 0 radical (unpaired) electrons. The van der Waals surface area contributed by atoms with Crippen molar-refractivity contribution < 1.29 is 24.2 Å². The van der Waals surface area contributed by atoms with Crippen molar-refractivity contribution in [2.75, 3.05) is 6.61 Å². The average Bonchev–Trinajstić information content (AvgIpc) is 2.64. The number of aliphatic carboxylic acids is 1. The van der Waals surface area contributed by atoms with E-state index in [1.165, 1.54) is 0 Å². The molecular weight excluding hydrogens is 344 g/mol. The molecule has 1 aliphatic rings. The highest BCUT2D eigenvalue weighted by Gasteiger charge is 2.45. The van der Waals surface area contributed by atoms with Gasteiger partial charge in [-0.3, -0.25) is 9.59 Å². The number of carbonyl (C=O) groups excluding carboxylic acids is 1. The Bertz CT molecular complexity index is 664. The second-order valence-electron chi connectivity index (χ2n) is 8.31. The van der Waals surface area contributed by atoms with Gasteiger partial charge >= 0.3 is 11.9 Å². The third kappa shape index (κ3) is 5.42. The van der Waals surface area contributed by atoms with Crippen molar-refractivity contribution in [1.82, 2.24) is 0 Å². The van der Waals surface area contributed by atoms with Gasteiger partial charge in [0.05, 0.1) is 23.5 Å². The molecule has 27 heavy (non-hydrogen) atoms. The normalized spacial score (nSPS) is 22.9. The minimum atomic E-state index is -1.05. The van der Waals surface area contributed by atoms with Crippen LogP contribution in [0.15, 0.2) is 42.5 Å². The fraction of sp³-hybridized carbons (Fsp3) is 0.545. The number of hydrogen-bond acceptors (Lipinski definition) is 4. The van der Waals surface area contributed by atoms with Crippen LogP contribution in [0.25, 0.3) is 0 Å². The highest BCUT2D eigenvalue weighted by Crippen LogP contribution is 2.43. The van der Waals surface area contributed by atoms with Gasteiger partial charge in [0.1, 0.15) is 6.61 Å². The highest BCUT2D eigenvalue weighted by molar-refractivity contribution is 5.79. The molecule has 1 aromatic rings. The Hall–Kier alpha value is -2.14. The van der Waals surface area contributed by atoms with Crippen molar-refractivity contribution in [1.29, 1.82) is 0 Å². The van der Waals surface area contributed by atoms with Crippen LogP contribution in [0, 0.1) is 10.8 Å². The summed E-state index contributed by atoms with van der Waals surface area (Å²) in [6, 6.07) is 9.92. The maximum Gasteiger partial charge on any atom is 0.313 e. The first kappa shape index (κ1) is 21.2. The van der Waals surface area contributed by atoms with Gasteiger partial charge in [-0.2, -0.15) is 0 Å². The minimum absolute atomic E-state index is 0.0302. The van der Waals surface area contributed by atoms with E-state index in [1.54, 1.807) is 20.8 Å². The van der Waals surface area contributed by atoms with Gasteiger partial charge in [-0.25, -0.2) is 0 Å². The van der Waals surface area contributed by atoms with Gasteiger partial charge in [0.25, 0.3) is 0 Å². The van der Waals surface area contributed by atoms with Crippen LogP contribution in [-0.2, 0) is 25.7 Å². The summed E-state index contributed by atoms with van der Waals surface area (Å²) in [6.45, 7) is 9.70. The number of esters is 1. The van der Waals surface area contributed by atoms with Gasteiger partial charge in [0, 0.05) is 0 Å². The fourth-order valence-corrected chi connectivity index (χ4v) is 3.27. The molecule has 5 nitrogen and oxygen atoms in total. The number of carbonyl (C=O) groups is 2. The Kier molecular flexibility index (Phi) is 6.82. The zero-order valence-electron chi connectivity index (χ0n) is 16.5. The molecule has 0 bridgehead atoms. The average molecular weight is 374 g/mol. The SMILES string of the molecule is C=C(COC(=O)C(C)(C)C)C1(C(=O)O)CCC(OCc2ccccc2)CC1. The summed E-state index contributed by atoms with van der Waals surface area (Å²) in [5.74, 6) is -1.26. The Morgan fingerprint density at radius 1 is 1.19 bits per heavy atom. The molecule has 0 aromatic heterocycles. The van der Waals surface area contributed by atoms with Crippen molar-refractivity contribution in [2.45, 2.75) is 59.2 Å². The van der Waals surface area contributed by atoms with Crippen LogP contribution in [-0.4, -0.2) is 29.8 Å². The second-order valence-corrected chi connectivity index (χ2v) is 8.31. The molecule has 148 valence electrons. The van der Waals surface area contributed by atoms with Crippen LogP contribution in [0.5, 0.6) is 0 Å². The number of ether oxygens (including phenoxy) is 2. The Labute approximate surface area is 161 Å². The molecule has 0 spiro atoms. The Balaban J connectivity index is 1.91. The molecule has 2 rings (SSSR count). The smallest absolute Gasteiger partial charge is 0.313 e. The zero-order valence-corrected chi connectivity index (χ0v) is 16.5. The van der Waals surface area contributed by atoms with Crippen LogP contribution in [0.1, 0.15) is 52.0 Å². The molecule has 0 heterocycles. The third-order valence-corrected chi connectivity index (χ3v) is 5.19. The molecule has 0 amide bonds. The predicted octanol–water partition coefficient (Wildman–Crippen LogP) is 4.36. The molecule has 0 saturated heterocycles. The van der Waals surface area contributed by atoms with E-state index < -0.39 is 16.8 Å². The molecular formula is C22H30O5. The standard InChI is InChI=1S/C22H30O5/c1-16(14-27-20(25)21(2,3)4)22(19(23)24)12-10-18(11-13-22)26-15-17-8-6-5-7-9-17/h5-9,18H,1,10-15H2,2-4H3,(H,23,24). The van der Waals surface area contributed by atoms with Crippen LogP contribution < -0.4 is 0 Å². The molecule has 1 saturated carbocycles. The molecule has 0 atom stereocenters. The van der Waals surface area contributed by atoms with E-state index in [1.807, 2.05) is 30.3 Å². The van der Waals surface area contributed by atoms with Gasteiger partial charge in [-0.05, 0) is 57.6 Å². The van der Waals surface area contributed by atoms with E-state index in [0.29, 0.717) is 37.9 Å². The summed E-state index contributed by atoms with van der Waals surface area (Å²) in [5, 5.41) is 9.84. The highest BCUT2D eigenvalue weighted by atomic mass is 16.5. The second kappa shape index (κ2) is 8.70. The monoisotopic (exact) mass is 374 g/mol. The molecule has 1 fully saturated rings. The van der Waals surface area contributed by atoms with Gasteiger partial charge in [0.2, 0.25) is 0 Å². The van der Waals surface area contributed by atoms with Gasteiger partial charge in [-0.15, -0.1) is 0 Å². The molecule has 5 heteroatoms. The third-order valence-electron chi connectivity index (χ3n) is 5.19. The first-order valence-electron chi connectivity index (χ1n) is 9.39. The zero-order chi connectivity index (χ0) is 20.1. The number of carboxylic acid groups (broad SMARTS) is 1. The first-order chi connectivity index (χ1) is 12.6. The van der Waals surface area contributed by atoms with Crippen molar-refractivity contribution >= 4 is 11.9 Å². The largest absolute Gasteiger partial charge is 0.481 e. The van der Waals surface area contributed by atoms with Crippen LogP contribution in [0.2, 0.25) is 0 Å². The quantitative estimate of drug-likeness (QED) is 0.567. The van der Waals surface area contributed by atoms with E-state index in [9.17, 15) is 14.7 Å². The van der Waals surface area contributed by atoms with Crippen LogP contribution >= 0.6 is 0 Å². The maximum atomic E-state index is 12.0. The topological polar surface area (TPSA) is 72.8 Å². The van der Waals surface area contributed by atoms with Gasteiger partial charge < -0.3 is 14.6 Å². The molecule has 0 aliphatic heterocycles. The molecule has 1 aliphatic carbocycles. The van der Waals surface area contributed by atoms with E-state index >= 15 is 0 Å². The number of carboxylic acids is 1. The van der Waals surface area contributed by atoms with E-state index in [-0.39, 0.29) is 18.7 Å². The van der Waals surface area contributed by atoms with Crippen LogP contribution in [0.4, 0.5) is 0 Å². The van der Waals surface area contributed by atoms with Gasteiger partial charge in [0.15, 0.2) is 0 Å². The van der Waals surface area contributed by atoms with Gasteiger partial charge in [-0.1, -0.05) is 36.9 Å². The lowest BCUT2D eigenvalue weighted by atomic mass is 9.69. The summed E-state index contributed by atoms with van der Waals surface area (Å²) in [5.41, 5.74) is -0.120. The first-order valence-corrected chi connectivity index (χ1v) is 9.39. The molecule has 1 aromatic carbocycles. The molecule has 0 unspecified atom stereocenters. The van der Waals surface area contributed by atoms with Crippen molar-refractivity contribution in [3.05, 3.63) is 48.0 Å². The van der Waals surface area contributed by atoms with Crippen molar-refractivity contribution in [3.8, 4) is 0 Å². The predicted molar refractivity (Wildman–Crippen MR) is 103 cm³/mol. The summed E-state index contributed by atoms with van der Waals surface area (Å²) in [6.07, 6.45) is 2.19. The lowest BCUT2D eigenvalue weighted by Crippen LogP contribution is -2.40. The number of rotatable bonds is 7. The van der Waals surface area contributed by atoms with E-state index in [4.69, 9.17) is 9.47 Å². The Morgan fingerprint density at radius 2 is 1.78 bits per heavy atom. The number of hydrogen-bond donors (Lipinski definition) is 1. The summed E-state index contributed by atoms with van der Waals surface area (Å²) in [7, 11) is 0. The molecule has 1 N–H and O–H groups in total. The summed E-state index contributed by atoms with van der Waals surface area (Å²) < 4.78 is 11.3. The fourth-order valence-electron chi connectivity index (χ4n) is 3.27. The lowest BCUT2D eigenvalue weighted by Gasteiger charge is -2.38. The maximum absolute atomic E-state index is 12.0. The lowest BCUT2D eigenvalue weighted by molar-refractivity contribution is -0.156. The van der Waals surface area contributed by atoms with E-state index in [0.717, 1.165) is 5.56 Å². The minimum Gasteiger partial charge on any atom is -0.481 e. The summed E-state index contributed by atoms with van der Waals surface area (Å²) >= 11 is 0. The van der Waals surface area contributed by atoms with Crippen molar-refractivity contribution in [3.63, 3.8) is 0 Å².